The molecular formula is C7H8N6O. The summed E-state index contributed by atoms with van der Waals surface area (Å²) >= 11 is 0. The van der Waals surface area contributed by atoms with Crippen LogP contribution in [0, 0.1) is 6.92 Å². The Morgan fingerprint density at radius 3 is 2.93 bits per heavy atom. The first-order valence-corrected chi connectivity index (χ1v) is 3.90. The number of anilines is 1. The Bertz CT molecular complexity index is 439. The van der Waals surface area contributed by atoms with Crippen LogP contribution in [0.1, 0.15) is 5.82 Å². The van der Waals surface area contributed by atoms with Crippen LogP contribution in [0.25, 0.3) is 11.5 Å². The predicted octanol–water partition coefficient (Wildman–Crippen LogP) is 0.121. The first-order chi connectivity index (χ1) is 6.79. The van der Waals surface area contributed by atoms with E-state index in [1.54, 1.807) is 19.2 Å². The van der Waals surface area contributed by atoms with Crippen LogP contribution in [-0.4, -0.2) is 20.1 Å². The van der Waals surface area contributed by atoms with E-state index in [1.807, 2.05) is 0 Å². The summed E-state index contributed by atoms with van der Waals surface area (Å²) in [5.41, 5.74) is 2.85. The number of aryl methyl sites for hydroxylation is 1. The van der Waals surface area contributed by atoms with Crippen LogP contribution < -0.4 is 11.3 Å². The SMILES string of the molecule is Cc1nccc(-c2noc(NN)n2)n1. The van der Waals surface area contributed by atoms with Gasteiger partial charge in [0.05, 0.1) is 0 Å². The molecule has 0 atom stereocenters. The molecule has 0 spiro atoms. The van der Waals surface area contributed by atoms with Gasteiger partial charge in [-0.05, 0) is 13.0 Å². The third-order valence-electron chi connectivity index (χ3n) is 1.55. The lowest BCUT2D eigenvalue weighted by Crippen LogP contribution is -2.06. The molecule has 0 saturated carbocycles. The zero-order chi connectivity index (χ0) is 9.97. The molecule has 0 amide bonds. The van der Waals surface area contributed by atoms with Crippen LogP contribution in [0.5, 0.6) is 0 Å². The van der Waals surface area contributed by atoms with Crippen LogP contribution in [0.15, 0.2) is 16.8 Å². The molecule has 7 nitrogen and oxygen atoms in total. The zero-order valence-electron chi connectivity index (χ0n) is 7.43. The lowest BCUT2D eigenvalue weighted by atomic mass is 10.4. The number of hydrogen-bond acceptors (Lipinski definition) is 7. The second kappa shape index (κ2) is 3.38. The third kappa shape index (κ3) is 1.52. The standard InChI is InChI=1S/C7H8N6O/c1-4-9-3-2-5(10-4)6-11-7(12-8)14-13-6/h2-3H,8H2,1H3,(H,11,12,13). The van der Waals surface area contributed by atoms with Gasteiger partial charge in [-0.25, -0.2) is 15.8 Å². The fourth-order valence-electron chi connectivity index (χ4n) is 0.967. The largest absolute Gasteiger partial charge is 0.335 e. The molecule has 7 heteroatoms. The van der Waals surface area contributed by atoms with Gasteiger partial charge in [0, 0.05) is 6.20 Å². The minimum atomic E-state index is 0.149. The number of nitrogens with zero attached hydrogens (tertiary/aromatic N) is 4. The topological polar surface area (TPSA) is 103 Å². The van der Waals surface area contributed by atoms with E-state index in [4.69, 9.17) is 10.4 Å². The summed E-state index contributed by atoms with van der Waals surface area (Å²) in [5.74, 6) is 6.12. The quantitative estimate of drug-likeness (QED) is 0.514. The number of nitrogens with two attached hydrogens (primary N) is 1. The van der Waals surface area contributed by atoms with E-state index in [2.05, 4.69) is 25.5 Å². The fourth-order valence-corrected chi connectivity index (χ4v) is 0.967. The lowest BCUT2D eigenvalue weighted by Gasteiger charge is -1.93. The first kappa shape index (κ1) is 8.57. The van der Waals surface area contributed by atoms with Crippen molar-refractivity contribution in [3.63, 3.8) is 0 Å². The average Bonchev–Trinajstić information content (AvgIpc) is 2.66. The Morgan fingerprint density at radius 1 is 1.43 bits per heavy atom. The summed E-state index contributed by atoms with van der Waals surface area (Å²) in [5, 5.41) is 3.68. The molecule has 0 aliphatic heterocycles. The van der Waals surface area contributed by atoms with Gasteiger partial charge < -0.3 is 4.52 Å². The molecule has 0 radical (unpaired) electrons. The van der Waals surface area contributed by atoms with Gasteiger partial charge in [0.25, 0.3) is 0 Å². The maximum absolute atomic E-state index is 5.09. The van der Waals surface area contributed by atoms with Crippen molar-refractivity contribution in [1.82, 2.24) is 20.1 Å². The van der Waals surface area contributed by atoms with Gasteiger partial charge >= 0.3 is 6.01 Å². The van der Waals surface area contributed by atoms with Crippen molar-refractivity contribution in [3.8, 4) is 11.5 Å². The molecule has 2 aromatic rings. The highest BCUT2D eigenvalue weighted by molar-refractivity contribution is 5.48. The second-order valence-electron chi connectivity index (χ2n) is 2.56. The maximum atomic E-state index is 5.09. The van der Waals surface area contributed by atoms with Crippen LogP contribution in [0.2, 0.25) is 0 Å². The van der Waals surface area contributed by atoms with Crippen molar-refractivity contribution in [2.45, 2.75) is 6.92 Å². The van der Waals surface area contributed by atoms with Crippen LogP contribution in [0.3, 0.4) is 0 Å². The second-order valence-corrected chi connectivity index (χ2v) is 2.56. The number of nitrogens with one attached hydrogen (secondary N) is 1. The molecule has 0 fully saturated rings. The summed E-state index contributed by atoms with van der Waals surface area (Å²) in [4.78, 5) is 12.0. The van der Waals surface area contributed by atoms with Gasteiger partial charge in [0.1, 0.15) is 11.5 Å². The zero-order valence-corrected chi connectivity index (χ0v) is 7.43. The molecule has 0 aliphatic carbocycles. The maximum Gasteiger partial charge on any atom is 0.335 e. The first-order valence-electron chi connectivity index (χ1n) is 3.90. The van der Waals surface area contributed by atoms with Gasteiger partial charge in [-0.15, -0.1) is 0 Å². The monoisotopic (exact) mass is 192 g/mol. The smallest absolute Gasteiger partial charge is 0.314 e. The van der Waals surface area contributed by atoms with Crippen molar-refractivity contribution >= 4 is 6.01 Å². The lowest BCUT2D eigenvalue weighted by molar-refractivity contribution is 0.432. The average molecular weight is 192 g/mol. The van der Waals surface area contributed by atoms with Crippen molar-refractivity contribution < 1.29 is 4.52 Å². The van der Waals surface area contributed by atoms with Crippen LogP contribution >= 0.6 is 0 Å². The molecular weight excluding hydrogens is 184 g/mol. The highest BCUT2D eigenvalue weighted by atomic mass is 16.5. The van der Waals surface area contributed by atoms with Gasteiger partial charge in [0.2, 0.25) is 5.82 Å². The highest BCUT2D eigenvalue weighted by Crippen LogP contribution is 2.13. The Labute approximate surface area is 79.3 Å². The van der Waals surface area contributed by atoms with E-state index in [9.17, 15) is 0 Å². The van der Waals surface area contributed by atoms with Crippen molar-refractivity contribution in [1.29, 1.82) is 0 Å². The van der Waals surface area contributed by atoms with Crippen molar-refractivity contribution in [2.75, 3.05) is 5.43 Å². The Morgan fingerprint density at radius 2 is 2.29 bits per heavy atom. The van der Waals surface area contributed by atoms with Gasteiger partial charge in [-0.1, -0.05) is 5.16 Å². The number of aromatic nitrogens is 4. The van der Waals surface area contributed by atoms with E-state index >= 15 is 0 Å². The molecule has 0 saturated heterocycles. The summed E-state index contributed by atoms with van der Waals surface area (Å²) < 4.78 is 4.75. The molecule has 0 unspecified atom stereocenters. The molecule has 0 aliphatic rings. The summed E-state index contributed by atoms with van der Waals surface area (Å²) in [6.07, 6.45) is 1.63. The van der Waals surface area contributed by atoms with E-state index < -0.39 is 0 Å². The molecule has 3 N–H and O–H groups in total. The molecule has 2 heterocycles. The molecule has 2 aromatic heterocycles. The Kier molecular flexibility index (Phi) is 2.07. The molecule has 0 aromatic carbocycles. The van der Waals surface area contributed by atoms with E-state index in [-0.39, 0.29) is 6.01 Å². The third-order valence-corrected chi connectivity index (χ3v) is 1.55. The number of rotatable bonds is 2. The van der Waals surface area contributed by atoms with E-state index in [0.717, 1.165) is 0 Å². The van der Waals surface area contributed by atoms with Gasteiger partial charge in [-0.2, -0.15) is 4.98 Å². The molecule has 72 valence electrons. The minimum Gasteiger partial charge on any atom is -0.314 e. The van der Waals surface area contributed by atoms with Gasteiger partial charge in [0.15, 0.2) is 0 Å². The number of hydrogen-bond donors (Lipinski definition) is 2. The molecule has 0 bridgehead atoms. The van der Waals surface area contributed by atoms with Crippen LogP contribution in [-0.2, 0) is 0 Å². The number of hydrazine groups is 1. The van der Waals surface area contributed by atoms with Crippen molar-refractivity contribution in [2.24, 2.45) is 5.84 Å². The van der Waals surface area contributed by atoms with E-state index in [1.165, 1.54) is 0 Å². The summed E-state index contributed by atoms with van der Waals surface area (Å²) in [6, 6.07) is 1.84. The Balaban J connectivity index is 2.39. The number of nitrogen functional groups attached to an aromatic ring is 1. The van der Waals surface area contributed by atoms with E-state index in [0.29, 0.717) is 17.3 Å². The summed E-state index contributed by atoms with van der Waals surface area (Å²) in [6.45, 7) is 1.78. The normalized spacial score (nSPS) is 10.1. The minimum absolute atomic E-state index is 0.149. The van der Waals surface area contributed by atoms with Gasteiger partial charge in [-0.3, -0.25) is 5.43 Å². The fraction of sp³-hybridized carbons (Fsp3) is 0.143. The molecule has 2 rings (SSSR count). The molecule has 14 heavy (non-hydrogen) atoms. The predicted molar refractivity (Wildman–Crippen MR) is 47.9 cm³/mol. The van der Waals surface area contributed by atoms with Crippen molar-refractivity contribution in [3.05, 3.63) is 18.1 Å². The Hall–Kier alpha value is -2.02. The van der Waals surface area contributed by atoms with Crippen LogP contribution in [0.4, 0.5) is 6.01 Å². The summed E-state index contributed by atoms with van der Waals surface area (Å²) in [7, 11) is 0. The highest BCUT2D eigenvalue weighted by Gasteiger charge is 2.08.